The molecule has 39 heavy (non-hydrogen) atoms. The summed E-state index contributed by atoms with van der Waals surface area (Å²) in [6.07, 6.45) is 13.5. The fourth-order valence-corrected chi connectivity index (χ4v) is 5.67. The quantitative estimate of drug-likeness (QED) is 0.0748. The number of rotatable bonds is 8. The van der Waals surface area contributed by atoms with Gasteiger partial charge in [0.1, 0.15) is 6.54 Å². The van der Waals surface area contributed by atoms with Gasteiger partial charge in [-0.2, -0.15) is 4.58 Å². The van der Waals surface area contributed by atoms with Crippen molar-refractivity contribution >= 4 is 43.7 Å². The molecule has 2 aliphatic heterocycles. The van der Waals surface area contributed by atoms with E-state index in [0.717, 1.165) is 25.9 Å². The van der Waals surface area contributed by atoms with Gasteiger partial charge in [-0.3, -0.25) is 4.89 Å². The van der Waals surface area contributed by atoms with Gasteiger partial charge in [-0.25, -0.2) is 9.83 Å². The van der Waals surface area contributed by atoms with Gasteiger partial charge in [-0.15, -0.1) is 0 Å². The van der Waals surface area contributed by atoms with Crippen LogP contribution in [0, 0.1) is 0 Å². The zero-order chi connectivity index (χ0) is 28.6. The van der Waals surface area contributed by atoms with E-state index in [9.17, 15) is 4.79 Å². The fraction of sp³-hybridized carbons (Fsp3) is 0.375. The van der Waals surface area contributed by atoms with Gasteiger partial charge in [0.25, 0.3) is 0 Å². The summed E-state index contributed by atoms with van der Waals surface area (Å²) in [5, 5.41) is 11.5. The van der Waals surface area contributed by atoms with E-state index in [0.29, 0.717) is 0 Å². The molecule has 4 rings (SSSR count). The van der Waals surface area contributed by atoms with Gasteiger partial charge < -0.3 is 10.2 Å². The zero-order valence-corrected chi connectivity index (χ0v) is 25.9. The summed E-state index contributed by atoms with van der Waals surface area (Å²) in [5.74, 6) is 0. The Morgan fingerprint density at radius 1 is 0.949 bits per heavy atom. The van der Waals surface area contributed by atoms with Crippen molar-refractivity contribution in [2.45, 2.75) is 65.2 Å². The molecule has 0 fully saturated rings. The molecule has 0 N–H and O–H groups in total. The highest BCUT2D eigenvalue weighted by Crippen LogP contribution is 2.47. The Labute approximate surface area is 246 Å². The third-order valence-electron chi connectivity index (χ3n) is 7.32. The van der Waals surface area contributed by atoms with Gasteiger partial charge >= 0.3 is 3.98 Å². The lowest BCUT2D eigenvalue weighted by atomic mass is 9.81. The molecule has 2 aromatic carbocycles. The molecule has 0 saturated heterocycles. The largest absolute Gasteiger partial charge is 0.681 e. The van der Waals surface area contributed by atoms with Gasteiger partial charge in [0.15, 0.2) is 5.71 Å². The number of anilines is 1. The third-order valence-corrected chi connectivity index (χ3v) is 7.50. The normalized spacial score (nSPS) is 17.9. The molecule has 0 bridgehead atoms. The predicted octanol–water partition coefficient (Wildman–Crippen LogP) is 7.44. The van der Waals surface area contributed by atoms with Crippen LogP contribution < -0.4 is 10.2 Å². The van der Waals surface area contributed by atoms with E-state index in [2.05, 4.69) is 140 Å². The van der Waals surface area contributed by atoms with Crippen LogP contribution in [0.3, 0.4) is 0 Å². The summed E-state index contributed by atoms with van der Waals surface area (Å²) in [4.78, 5) is 15.3. The number of halogens is 1. The SMILES string of the molecule is CCCN1/C(=C/C=C/C=C/C2=[N+](CCC)c3ccccc3C2(C)C)C(C)(C)c2ccccc21.O=C(I)OO[O-]. The molecule has 0 spiro atoms. The van der Waals surface area contributed by atoms with Crippen molar-refractivity contribution in [3.8, 4) is 0 Å². The number of benzene rings is 2. The van der Waals surface area contributed by atoms with Crippen LogP contribution in [-0.4, -0.2) is 27.4 Å². The Balaban J connectivity index is 0.000000631. The number of carbonyl (C=O) groups excluding carboxylic acids is 1. The summed E-state index contributed by atoms with van der Waals surface area (Å²) < 4.78 is 1.72. The maximum absolute atomic E-state index is 9.48. The van der Waals surface area contributed by atoms with Crippen molar-refractivity contribution in [3.05, 3.63) is 95.7 Å². The zero-order valence-electron chi connectivity index (χ0n) is 23.7. The molecule has 0 atom stereocenters. The Hall–Kier alpha value is -2.75. The number of hydrogen-bond donors (Lipinski definition) is 0. The van der Waals surface area contributed by atoms with Crippen LogP contribution in [0.25, 0.3) is 0 Å². The molecule has 208 valence electrons. The Bertz CT molecular complexity index is 1290. The van der Waals surface area contributed by atoms with Crippen LogP contribution in [0.4, 0.5) is 16.2 Å². The van der Waals surface area contributed by atoms with E-state index in [-0.39, 0.29) is 10.8 Å². The fourth-order valence-electron chi connectivity index (χ4n) is 5.60. The molecular weight excluding hydrogens is 603 g/mol. The van der Waals surface area contributed by atoms with E-state index in [4.69, 9.17) is 5.26 Å². The maximum atomic E-state index is 9.48. The molecule has 2 aromatic rings. The number of allylic oxidation sites excluding steroid dienone is 6. The van der Waals surface area contributed by atoms with Gasteiger partial charge in [0.2, 0.25) is 5.69 Å². The minimum atomic E-state index is -0.775. The van der Waals surface area contributed by atoms with E-state index in [1.54, 1.807) is 0 Å². The molecule has 0 amide bonds. The highest BCUT2D eigenvalue weighted by molar-refractivity contribution is 14.1. The summed E-state index contributed by atoms with van der Waals surface area (Å²) in [5.41, 5.74) is 8.35. The monoisotopic (exact) mass is 642 g/mol. The smallest absolute Gasteiger partial charge is 0.399 e. The summed E-state index contributed by atoms with van der Waals surface area (Å²) in [6, 6.07) is 17.7. The third kappa shape index (κ3) is 6.70. The first-order chi connectivity index (χ1) is 18.6. The second-order valence-electron chi connectivity index (χ2n) is 10.7. The lowest BCUT2D eigenvalue weighted by molar-refractivity contribution is -0.784. The summed E-state index contributed by atoms with van der Waals surface area (Å²) in [6.45, 7) is 16.0. The lowest BCUT2D eigenvalue weighted by Crippen LogP contribution is -2.27. The van der Waals surface area contributed by atoms with Gasteiger partial charge in [0.05, 0.1) is 28.0 Å². The van der Waals surface area contributed by atoms with Gasteiger partial charge in [-0.05, 0) is 38.0 Å². The van der Waals surface area contributed by atoms with Crippen molar-refractivity contribution in [2.24, 2.45) is 0 Å². The van der Waals surface area contributed by atoms with Crippen LogP contribution in [0.15, 0.2) is 84.6 Å². The Kier molecular flexibility index (Phi) is 10.7. The first kappa shape index (κ1) is 30.8. The average molecular weight is 643 g/mol. The second kappa shape index (κ2) is 13.5. The first-order valence-corrected chi connectivity index (χ1v) is 14.5. The van der Waals surface area contributed by atoms with Crippen LogP contribution in [0.2, 0.25) is 0 Å². The van der Waals surface area contributed by atoms with E-state index in [1.165, 1.54) is 56.5 Å². The molecule has 6 nitrogen and oxygen atoms in total. The molecule has 0 aromatic heterocycles. The van der Waals surface area contributed by atoms with Crippen LogP contribution in [-0.2, 0) is 20.8 Å². The number of carbonyl (C=O) groups is 1. The van der Waals surface area contributed by atoms with Crippen LogP contribution in [0.1, 0.15) is 65.5 Å². The Morgan fingerprint density at radius 3 is 2.23 bits per heavy atom. The van der Waals surface area contributed by atoms with Crippen LogP contribution in [0.5, 0.6) is 0 Å². The van der Waals surface area contributed by atoms with Crippen molar-refractivity contribution < 1.29 is 24.6 Å². The van der Waals surface area contributed by atoms with Crippen molar-refractivity contribution in [1.82, 2.24) is 0 Å². The van der Waals surface area contributed by atoms with Crippen LogP contribution >= 0.6 is 22.6 Å². The topological polar surface area (TPSA) is 64.8 Å². The molecule has 7 heteroatoms. The second-order valence-corrected chi connectivity index (χ2v) is 11.5. The number of nitrogens with zero attached hydrogens (tertiary/aromatic N) is 2. The Morgan fingerprint density at radius 2 is 1.62 bits per heavy atom. The predicted molar refractivity (Wildman–Crippen MR) is 165 cm³/mol. The average Bonchev–Trinajstić information content (AvgIpc) is 3.24. The van der Waals surface area contributed by atoms with E-state index in [1.807, 2.05) is 0 Å². The van der Waals surface area contributed by atoms with E-state index >= 15 is 0 Å². The molecule has 2 heterocycles. The van der Waals surface area contributed by atoms with Crippen molar-refractivity contribution in [2.75, 3.05) is 18.0 Å². The van der Waals surface area contributed by atoms with Crippen molar-refractivity contribution in [1.29, 1.82) is 0 Å². The first-order valence-electron chi connectivity index (χ1n) is 13.4. The molecule has 0 aliphatic carbocycles. The highest BCUT2D eigenvalue weighted by Gasteiger charge is 2.43. The molecule has 2 aliphatic rings. The number of fused-ring (bicyclic) bond motifs is 2. The standard InChI is InChI=1S/C31H39N2.CHIO4/c1-7-22-32-26-18-14-12-16-24(26)30(3,4)28(32)20-10-9-11-21-29-31(5,6)25-17-13-15-19-27(25)33(29)23-8-2;2-1(3)5-6-4/h9-21H,7-8,22-23H2,1-6H3;4H/q+1;/p-1. The van der Waals surface area contributed by atoms with E-state index < -0.39 is 3.98 Å². The molecule has 0 radical (unpaired) electrons. The molecule has 0 unspecified atom stereocenters. The summed E-state index contributed by atoms with van der Waals surface area (Å²) >= 11 is 1.26. The molecular formula is C32H39IN2O4. The number of hydrogen-bond acceptors (Lipinski definition) is 5. The highest BCUT2D eigenvalue weighted by atomic mass is 127. The van der Waals surface area contributed by atoms with Gasteiger partial charge in [0, 0.05) is 47.5 Å². The lowest BCUT2D eigenvalue weighted by Gasteiger charge is -2.26. The van der Waals surface area contributed by atoms with Crippen molar-refractivity contribution in [3.63, 3.8) is 0 Å². The minimum absolute atomic E-state index is 0.0155. The molecule has 0 saturated carbocycles. The minimum Gasteiger partial charge on any atom is -0.681 e. The summed E-state index contributed by atoms with van der Waals surface area (Å²) in [7, 11) is 0. The maximum Gasteiger partial charge on any atom is 0.399 e. The number of para-hydroxylation sites is 2. The van der Waals surface area contributed by atoms with Gasteiger partial charge in [-0.1, -0.05) is 82.3 Å².